The second-order valence-corrected chi connectivity index (χ2v) is 6.87. The number of ether oxygens (including phenoxy) is 2. The lowest BCUT2D eigenvalue weighted by atomic mass is 9.80. The van der Waals surface area contributed by atoms with Gasteiger partial charge in [0.2, 0.25) is 6.29 Å². The van der Waals surface area contributed by atoms with Crippen LogP contribution in [0.25, 0.3) is 0 Å². The maximum Gasteiger partial charge on any atom is 0.202 e. The van der Waals surface area contributed by atoms with Crippen molar-refractivity contribution < 1.29 is 9.47 Å². The van der Waals surface area contributed by atoms with Crippen molar-refractivity contribution in [3.63, 3.8) is 0 Å². The van der Waals surface area contributed by atoms with Gasteiger partial charge in [0, 0.05) is 5.92 Å². The first-order valence-electron chi connectivity index (χ1n) is 8.81. The van der Waals surface area contributed by atoms with E-state index in [4.69, 9.17) is 9.47 Å². The molecule has 1 aromatic rings. The van der Waals surface area contributed by atoms with E-state index < -0.39 is 0 Å². The molecule has 0 radical (unpaired) electrons. The van der Waals surface area contributed by atoms with Crippen LogP contribution in [-0.2, 0) is 10.9 Å². The van der Waals surface area contributed by atoms with Gasteiger partial charge in [-0.25, -0.2) is 0 Å². The molecule has 0 bridgehead atoms. The first-order chi connectivity index (χ1) is 10.7. The second-order valence-electron chi connectivity index (χ2n) is 6.46. The Labute approximate surface area is 138 Å². The van der Waals surface area contributed by atoms with Crippen LogP contribution in [0.3, 0.4) is 0 Å². The normalized spacial score (nSPS) is 18.9. The molecular weight excluding hydrogens is 291 g/mol. The molecule has 0 amide bonds. The number of rotatable bonds is 8. The van der Waals surface area contributed by atoms with E-state index in [1.54, 1.807) is 0 Å². The van der Waals surface area contributed by atoms with Crippen LogP contribution in [0.15, 0.2) is 24.3 Å². The van der Waals surface area contributed by atoms with Gasteiger partial charge in [0.25, 0.3) is 0 Å². The second kappa shape index (κ2) is 9.53. The summed E-state index contributed by atoms with van der Waals surface area (Å²) in [5.74, 6) is 2.11. The third kappa shape index (κ3) is 5.25. The van der Waals surface area contributed by atoms with E-state index in [1.165, 1.54) is 37.7 Å². The van der Waals surface area contributed by atoms with E-state index in [-0.39, 0.29) is 6.29 Å². The van der Waals surface area contributed by atoms with Crippen molar-refractivity contribution in [2.45, 2.75) is 64.8 Å². The van der Waals surface area contributed by atoms with Gasteiger partial charge in [-0.3, -0.25) is 0 Å². The van der Waals surface area contributed by atoms with Crippen LogP contribution in [0.1, 0.15) is 57.9 Å². The van der Waals surface area contributed by atoms with E-state index in [1.807, 2.05) is 0 Å². The molecule has 22 heavy (non-hydrogen) atoms. The molecular formula is C19H31O2P. The molecule has 0 N–H and O–H groups in total. The fraction of sp³-hybridized carbons (Fsp3) is 0.684. The highest BCUT2D eigenvalue weighted by atomic mass is 31.0. The number of benzene rings is 1. The molecule has 3 atom stereocenters. The number of hydrogen-bond acceptors (Lipinski definition) is 2. The average molecular weight is 322 g/mol. The predicted molar refractivity (Wildman–Crippen MR) is 96.3 cm³/mol. The van der Waals surface area contributed by atoms with Gasteiger partial charge in [-0.1, -0.05) is 45.2 Å². The Hall–Kier alpha value is -0.590. The zero-order valence-electron chi connectivity index (χ0n) is 14.1. The highest BCUT2D eigenvalue weighted by Gasteiger charge is 2.29. The van der Waals surface area contributed by atoms with Crippen LogP contribution in [0.2, 0.25) is 0 Å². The molecule has 3 heteroatoms. The summed E-state index contributed by atoms with van der Waals surface area (Å²) >= 11 is 0. The highest BCUT2D eigenvalue weighted by molar-refractivity contribution is 7.15. The van der Waals surface area contributed by atoms with Gasteiger partial charge in [0.15, 0.2) is 0 Å². The topological polar surface area (TPSA) is 18.5 Å². The van der Waals surface area contributed by atoms with E-state index in [9.17, 15) is 0 Å². The Kier molecular flexibility index (Phi) is 7.69. The Morgan fingerprint density at radius 3 is 2.41 bits per heavy atom. The van der Waals surface area contributed by atoms with E-state index >= 15 is 0 Å². The quantitative estimate of drug-likeness (QED) is 0.470. The van der Waals surface area contributed by atoms with Crippen molar-refractivity contribution in [2.75, 3.05) is 6.61 Å². The van der Waals surface area contributed by atoms with Gasteiger partial charge < -0.3 is 9.47 Å². The lowest BCUT2D eigenvalue weighted by molar-refractivity contribution is -0.127. The van der Waals surface area contributed by atoms with Crippen LogP contribution in [0.5, 0.6) is 5.75 Å². The maximum atomic E-state index is 6.20. The zero-order valence-corrected chi connectivity index (χ0v) is 15.2. The molecule has 1 aliphatic carbocycles. The molecule has 0 aromatic heterocycles. The van der Waals surface area contributed by atoms with E-state index in [2.05, 4.69) is 47.4 Å². The molecule has 0 heterocycles. The fourth-order valence-electron chi connectivity index (χ4n) is 3.25. The fourth-order valence-corrected chi connectivity index (χ4v) is 3.52. The average Bonchev–Trinajstić information content (AvgIpc) is 2.59. The van der Waals surface area contributed by atoms with Crippen LogP contribution in [0.4, 0.5) is 0 Å². The van der Waals surface area contributed by atoms with E-state index in [0.717, 1.165) is 30.9 Å². The summed E-state index contributed by atoms with van der Waals surface area (Å²) in [7, 11) is 2.75. The lowest BCUT2D eigenvalue weighted by Crippen LogP contribution is -2.34. The van der Waals surface area contributed by atoms with Gasteiger partial charge in [-0.2, -0.15) is 0 Å². The summed E-state index contributed by atoms with van der Waals surface area (Å²) in [5.41, 5.74) is 1.31. The molecule has 0 aliphatic heterocycles. The molecule has 3 unspecified atom stereocenters. The lowest BCUT2D eigenvalue weighted by Gasteiger charge is -2.33. The molecule has 2 nitrogen and oxygen atoms in total. The van der Waals surface area contributed by atoms with Crippen molar-refractivity contribution in [2.24, 2.45) is 11.8 Å². The van der Waals surface area contributed by atoms with E-state index in [0.29, 0.717) is 5.92 Å². The molecule has 1 aliphatic rings. The molecule has 1 saturated carbocycles. The van der Waals surface area contributed by atoms with Crippen LogP contribution in [0, 0.1) is 11.8 Å². The molecule has 1 fully saturated rings. The Morgan fingerprint density at radius 2 is 1.82 bits per heavy atom. The standard InChI is InChI=1S/C19H31O2P/c1-3-13-20-19(15(2)17-7-5-4-6-8-17)21-18-11-9-16(14-22)10-12-18/h9-12,15,17,19H,3-8,13-14,22H2,1-2H3. The van der Waals surface area contributed by atoms with Crippen molar-refractivity contribution in [3.8, 4) is 5.75 Å². The van der Waals surface area contributed by atoms with Crippen LogP contribution in [-0.4, -0.2) is 12.9 Å². The maximum absolute atomic E-state index is 6.20. The van der Waals surface area contributed by atoms with Gasteiger partial charge in [-0.05, 0) is 49.0 Å². The minimum Gasteiger partial charge on any atom is -0.465 e. The number of hydrogen-bond donors (Lipinski definition) is 0. The molecule has 1 aromatic carbocycles. The Bertz CT molecular complexity index is 412. The monoisotopic (exact) mass is 322 g/mol. The van der Waals surface area contributed by atoms with Crippen molar-refractivity contribution >= 4 is 9.24 Å². The summed E-state index contributed by atoms with van der Waals surface area (Å²) in [5, 5.41) is 0. The molecule has 0 saturated heterocycles. The van der Waals surface area contributed by atoms with Crippen molar-refractivity contribution in [3.05, 3.63) is 29.8 Å². The molecule has 124 valence electrons. The zero-order chi connectivity index (χ0) is 15.8. The first-order valence-corrected chi connectivity index (χ1v) is 9.63. The summed E-state index contributed by atoms with van der Waals surface area (Å²) in [6, 6.07) is 8.39. The molecule has 0 spiro atoms. The van der Waals surface area contributed by atoms with Gasteiger partial charge >= 0.3 is 0 Å². The van der Waals surface area contributed by atoms with Gasteiger partial charge in [-0.15, -0.1) is 9.24 Å². The van der Waals surface area contributed by atoms with Gasteiger partial charge in [0.1, 0.15) is 5.75 Å². The van der Waals surface area contributed by atoms with Gasteiger partial charge in [0.05, 0.1) is 6.61 Å². The third-order valence-corrected chi connectivity index (χ3v) is 5.19. The molecule has 2 rings (SSSR count). The van der Waals surface area contributed by atoms with Crippen molar-refractivity contribution in [1.29, 1.82) is 0 Å². The minimum atomic E-state index is -0.120. The predicted octanol–water partition coefficient (Wildman–Crippen LogP) is 5.41. The van der Waals surface area contributed by atoms with Crippen molar-refractivity contribution in [1.82, 2.24) is 0 Å². The minimum absolute atomic E-state index is 0.120. The highest BCUT2D eigenvalue weighted by Crippen LogP contribution is 2.33. The Balaban J connectivity index is 2.00. The summed E-state index contributed by atoms with van der Waals surface area (Å²) < 4.78 is 12.2. The van der Waals surface area contributed by atoms with Crippen LogP contribution >= 0.6 is 9.24 Å². The summed E-state index contributed by atoms with van der Waals surface area (Å²) in [4.78, 5) is 0. The summed E-state index contributed by atoms with van der Waals surface area (Å²) in [6.45, 7) is 5.22. The third-order valence-electron chi connectivity index (χ3n) is 4.72. The Morgan fingerprint density at radius 1 is 1.14 bits per heavy atom. The summed E-state index contributed by atoms with van der Waals surface area (Å²) in [6.07, 6.45) is 8.64. The smallest absolute Gasteiger partial charge is 0.202 e. The SMILES string of the molecule is CCCOC(Oc1ccc(CP)cc1)C(C)C1CCCCC1. The first kappa shape index (κ1) is 17.8. The van der Waals surface area contributed by atoms with Crippen LogP contribution < -0.4 is 4.74 Å². The largest absolute Gasteiger partial charge is 0.465 e.